The summed E-state index contributed by atoms with van der Waals surface area (Å²) >= 11 is 0. The molecule has 2 aromatic carbocycles. The number of piperazine rings is 1. The first kappa shape index (κ1) is 19.2. The summed E-state index contributed by atoms with van der Waals surface area (Å²) in [6.45, 7) is 4.09. The van der Waals surface area contributed by atoms with Crippen LogP contribution in [0.4, 0.5) is 4.79 Å². The number of fused-ring (bicyclic) bond motifs is 2. The number of H-pyrrole nitrogens is 2. The van der Waals surface area contributed by atoms with Crippen LogP contribution in [0.3, 0.4) is 0 Å². The van der Waals surface area contributed by atoms with Crippen LogP contribution in [0.15, 0.2) is 42.5 Å². The minimum atomic E-state index is -0.00402. The molecule has 0 saturated carbocycles. The van der Waals surface area contributed by atoms with Crippen molar-refractivity contribution in [3.8, 4) is 17.5 Å². The molecule has 8 nitrogen and oxygen atoms in total. The number of amides is 2. The van der Waals surface area contributed by atoms with Gasteiger partial charge in [-0.05, 0) is 42.0 Å². The van der Waals surface area contributed by atoms with Crippen molar-refractivity contribution in [2.45, 2.75) is 6.54 Å². The van der Waals surface area contributed by atoms with Crippen molar-refractivity contribution in [1.82, 2.24) is 30.3 Å². The number of carbonyl (C=O) groups excluding carboxylic acids is 1. The Hall–Kier alpha value is -3.83. The maximum Gasteiger partial charge on any atom is 0.317 e. The van der Waals surface area contributed by atoms with Crippen LogP contribution in [0.25, 0.3) is 33.2 Å². The lowest BCUT2D eigenvalue weighted by atomic mass is 10.1. The second-order valence-corrected chi connectivity index (χ2v) is 7.87. The van der Waals surface area contributed by atoms with Crippen LogP contribution in [0, 0.1) is 11.3 Å². The smallest absolute Gasteiger partial charge is 0.317 e. The quantitative estimate of drug-likeness (QED) is 0.480. The third-order valence-corrected chi connectivity index (χ3v) is 5.91. The zero-order valence-corrected chi connectivity index (χ0v) is 17.3. The zero-order chi connectivity index (χ0) is 21.4. The molecule has 1 saturated heterocycles. The second kappa shape index (κ2) is 7.78. The molecule has 4 aromatic rings. The zero-order valence-electron chi connectivity index (χ0n) is 17.3. The van der Waals surface area contributed by atoms with Crippen molar-refractivity contribution >= 4 is 27.8 Å². The number of rotatable bonds is 3. The van der Waals surface area contributed by atoms with E-state index >= 15 is 0 Å². The molecule has 0 radical (unpaired) electrons. The van der Waals surface area contributed by atoms with Crippen LogP contribution < -0.4 is 5.32 Å². The third-order valence-electron chi connectivity index (χ3n) is 5.91. The Morgan fingerprint density at radius 3 is 2.74 bits per heavy atom. The van der Waals surface area contributed by atoms with Gasteiger partial charge in [0.15, 0.2) is 0 Å². The van der Waals surface area contributed by atoms with Crippen LogP contribution in [0.2, 0.25) is 0 Å². The van der Waals surface area contributed by atoms with Crippen LogP contribution >= 0.6 is 0 Å². The summed E-state index contributed by atoms with van der Waals surface area (Å²) in [6.07, 6.45) is 0. The van der Waals surface area contributed by atoms with Gasteiger partial charge in [0.2, 0.25) is 0 Å². The van der Waals surface area contributed by atoms with E-state index < -0.39 is 0 Å². The minimum Gasteiger partial charge on any atom is -0.353 e. The number of aromatic nitrogens is 3. The van der Waals surface area contributed by atoms with Crippen LogP contribution in [-0.4, -0.2) is 64.2 Å². The van der Waals surface area contributed by atoms with E-state index in [1.165, 1.54) is 5.56 Å². The molecular weight excluding hydrogens is 390 g/mol. The number of aromatic amines is 2. The van der Waals surface area contributed by atoms with Crippen molar-refractivity contribution in [3.63, 3.8) is 0 Å². The number of benzene rings is 2. The lowest BCUT2D eigenvalue weighted by Crippen LogP contribution is -2.50. The number of hydrogen-bond donors (Lipinski definition) is 3. The highest BCUT2D eigenvalue weighted by Crippen LogP contribution is 2.29. The molecule has 1 fully saturated rings. The fourth-order valence-corrected chi connectivity index (χ4v) is 4.23. The number of nitriles is 1. The predicted molar refractivity (Wildman–Crippen MR) is 119 cm³/mol. The number of hydrogen-bond acceptors (Lipinski definition) is 4. The van der Waals surface area contributed by atoms with Gasteiger partial charge in [-0.15, -0.1) is 0 Å². The van der Waals surface area contributed by atoms with Gasteiger partial charge < -0.3 is 15.2 Å². The van der Waals surface area contributed by atoms with E-state index in [4.69, 9.17) is 5.26 Å². The van der Waals surface area contributed by atoms with E-state index in [9.17, 15) is 4.79 Å². The lowest BCUT2D eigenvalue weighted by molar-refractivity contribution is 0.136. The molecule has 0 aliphatic carbocycles. The molecule has 0 spiro atoms. The Morgan fingerprint density at radius 1 is 1.13 bits per heavy atom. The first-order valence-electron chi connectivity index (χ1n) is 10.3. The first-order chi connectivity index (χ1) is 15.1. The molecule has 31 heavy (non-hydrogen) atoms. The molecule has 5 rings (SSSR count). The van der Waals surface area contributed by atoms with Gasteiger partial charge in [0.1, 0.15) is 5.69 Å². The maximum atomic E-state index is 11.8. The third kappa shape index (κ3) is 3.60. The van der Waals surface area contributed by atoms with Crippen molar-refractivity contribution in [3.05, 3.63) is 53.6 Å². The fraction of sp³-hybridized carbons (Fsp3) is 0.261. The predicted octanol–water partition coefficient (Wildman–Crippen LogP) is 3.04. The van der Waals surface area contributed by atoms with Gasteiger partial charge in [-0.3, -0.25) is 10.00 Å². The Bertz CT molecular complexity index is 1300. The molecule has 0 unspecified atom stereocenters. The maximum absolute atomic E-state index is 11.8. The van der Waals surface area contributed by atoms with Gasteiger partial charge in [-0.1, -0.05) is 6.07 Å². The monoisotopic (exact) mass is 413 g/mol. The van der Waals surface area contributed by atoms with Crippen molar-refractivity contribution in [2.24, 2.45) is 0 Å². The SMILES string of the molecule is CNC(=O)N1CCN(Cc2ccc3[nH]c(-c4n[nH]c5cc(C#N)ccc45)cc3c2)CC1. The minimum absolute atomic E-state index is 0.00402. The van der Waals surface area contributed by atoms with Crippen LogP contribution in [0.1, 0.15) is 11.1 Å². The highest BCUT2D eigenvalue weighted by molar-refractivity contribution is 5.96. The van der Waals surface area contributed by atoms with Crippen molar-refractivity contribution in [2.75, 3.05) is 33.2 Å². The van der Waals surface area contributed by atoms with E-state index in [1.54, 1.807) is 7.05 Å². The summed E-state index contributed by atoms with van der Waals surface area (Å²) in [7, 11) is 1.67. The van der Waals surface area contributed by atoms with Gasteiger partial charge in [0.05, 0.1) is 22.8 Å². The van der Waals surface area contributed by atoms with E-state index in [0.717, 1.165) is 65.9 Å². The summed E-state index contributed by atoms with van der Waals surface area (Å²) in [5.74, 6) is 0. The molecule has 3 heterocycles. The molecule has 1 aliphatic heterocycles. The van der Waals surface area contributed by atoms with E-state index in [-0.39, 0.29) is 6.03 Å². The number of nitrogens with zero attached hydrogens (tertiary/aromatic N) is 4. The average Bonchev–Trinajstić information content (AvgIpc) is 3.42. The van der Waals surface area contributed by atoms with E-state index in [0.29, 0.717) is 5.56 Å². The first-order valence-corrected chi connectivity index (χ1v) is 10.3. The van der Waals surface area contributed by atoms with Crippen LogP contribution in [0.5, 0.6) is 0 Å². The molecule has 2 amide bonds. The number of carbonyl (C=O) groups is 1. The molecule has 1 aliphatic rings. The average molecular weight is 413 g/mol. The highest BCUT2D eigenvalue weighted by Gasteiger charge is 2.20. The molecule has 8 heteroatoms. The molecular formula is C23H23N7O. The van der Waals surface area contributed by atoms with Crippen molar-refractivity contribution < 1.29 is 4.79 Å². The summed E-state index contributed by atoms with van der Waals surface area (Å²) in [5, 5.41) is 21.4. The molecule has 156 valence electrons. The molecule has 2 aromatic heterocycles. The molecule has 3 N–H and O–H groups in total. The van der Waals surface area contributed by atoms with Crippen molar-refractivity contribution in [1.29, 1.82) is 5.26 Å². The topological polar surface area (TPSA) is 104 Å². The standard InChI is InChI=1S/C23H23N7O/c1-25-23(31)30-8-6-29(7-9-30)14-16-3-5-19-17(10-16)12-21(26-19)22-18-4-2-15(13-24)11-20(18)27-28-22/h2-5,10-12,26H,6-9,14H2,1H3,(H,25,31)(H,27,28). The summed E-state index contributed by atoms with van der Waals surface area (Å²) < 4.78 is 0. The van der Waals surface area contributed by atoms with Gasteiger partial charge in [0, 0.05) is 56.1 Å². The molecule has 0 atom stereocenters. The van der Waals surface area contributed by atoms with E-state index in [1.807, 2.05) is 23.1 Å². The number of urea groups is 1. The summed E-state index contributed by atoms with van der Waals surface area (Å²) in [5.41, 5.74) is 5.57. The van der Waals surface area contributed by atoms with Gasteiger partial charge >= 0.3 is 6.03 Å². The van der Waals surface area contributed by atoms with E-state index in [2.05, 4.69) is 55.7 Å². The normalized spacial score (nSPS) is 14.8. The highest BCUT2D eigenvalue weighted by atomic mass is 16.2. The van der Waals surface area contributed by atoms with Gasteiger partial charge in [-0.2, -0.15) is 10.4 Å². The van der Waals surface area contributed by atoms with Gasteiger partial charge in [-0.25, -0.2) is 4.79 Å². The lowest BCUT2D eigenvalue weighted by Gasteiger charge is -2.34. The Balaban J connectivity index is 1.35. The largest absolute Gasteiger partial charge is 0.353 e. The second-order valence-electron chi connectivity index (χ2n) is 7.87. The Labute approximate surface area is 179 Å². The Kier molecular flexibility index (Phi) is 4.81. The van der Waals surface area contributed by atoms with Gasteiger partial charge in [0.25, 0.3) is 0 Å². The molecule has 0 bridgehead atoms. The summed E-state index contributed by atoms with van der Waals surface area (Å²) in [6, 6.07) is 16.3. The fourth-order valence-electron chi connectivity index (χ4n) is 4.23. The number of nitrogens with one attached hydrogen (secondary N) is 3. The summed E-state index contributed by atoms with van der Waals surface area (Å²) in [4.78, 5) is 19.5. The Morgan fingerprint density at radius 2 is 1.97 bits per heavy atom. The van der Waals surface area contributed by atoms with Crippen LogP contribution in [-0.2, 0) is 6.54 Å².